The number of rotatable bonds is 4. The maximum atomic E-state index is 11.4. The summed E-state index contributed by atoms with van der Waals surface area (Å²) in [6.07, 6.45) is 8.15. The first-order valence-corrected chi connectivity index (χ1v) is 6.09. The van der Waals surface area contributed by atoms with Crippen LogP contribution in [-0.2, 0) is 6.54 Å². The lowest BCUT2D eigenvalue weighted by molar-refractivity contribution is 0.489. The van der Waals surface area contributed by atoms with Crippen LogP contribution in [0.3, 0.4) is 0 Å². The molecule has 1 fully saturated rings. The van der Waals surface area contributed by atoms with Gasteiger partial charge in [-0.25, -0.2) is 9.78 Å². The van der Waals surface area contributed by atoms with E-state index in [0.29, 0.717) is 17.6 Å². The van der Waals surface area contributed by atoms with Crippen LogP contribution in [0.5, 0.6) is 0 Å². The van der Waals surface area contributed by atoms with Crippen molar-refractivity contribution in [3.8, 4) is 0 Å². The Kier molecular flexibility index (Phi) is 3.96. The van der Waals surface area contributed by atoms with Crippen LogP contribution in [0.2, 0.25) is 5.02 Å². The van der Waals surface area contributed by atoms with E-state index < -0.39 is 0 Å². The third kappa shape index (κ3) is 3.06. The molecule has 1 aliphatic rings. The Morgan fingerprint density at radius 1 is 1.50 bits per heavy atom. The third-order valence-electron chi connectivity index (χ3n) is 2.96. The zero-order chi connectivity index (χ0) is 11.4. The Morgan fingerprint density at radius 3 is 3.00 bits per heavy atom. The minimum Gasteiger partial charge on any atom is -0.312 e. The van der Waals surface area contributed by atoms with Gasteiger partial charge in [0.25, 0.3) is 0 Å². The number of nitrogens with zero attached hydrogens (tertiary/aromatic N) is 2. The van der Waals surface area contributed by atoms with Gasteiger partial charge in [-0.15, -0.1) is 0 Å². The fourth-order valence-corrected chi connectivity index (χ4v) is 2.27. The van der Waals surface area contributed by atoms with Crippen LogP contribution in [0.4, 0.5) is 0 Å². The molecule has 1 N–H and O–H groups in total. The fourth-order valence-electron chi connectivity index (χ4n) is 2.11. The van der Waals surface area contributed by atoms with E-state index in [2.05, 4.69) is 10.3 Å². The first kappa shape index (κ1) is 11.6. The molecule has 1 aliphatic carbocycles. The third-order valence-corrected chi connectivity index (χ3v) is 3.16. The van der Waals surface area contributed by atoms with Gasteiger partial charge in [0.1, 0.15) is 0 Å². The average molecular weight is 242 g/mol. The summed E-state index contributed by atoms with van der Waals surface area (Å²) in [5, 5.41) is 3.95. The van der Waals surface area contributed by atoms with E-state index >= 15 is 0 Å². The second kappa shape index (κ2) is 5.46. The number of hydrogen-bond acceptors (Lipinski definition) is 3. The highest BCUT2D eigenvalue weighted by Gasteiger charge is 2.13. The van der Waals surface area contributed by atoms with Crippen LogP contribution in [0, 0.1) is 0 Å². The highest BCUT2D eigenvalue weighted by atomic mass is 35.5. The van der Waals surface area contributed by atoms with E-state index in [0.717, 1.165) is 6.54 Å². The highest BCUT2D eigenvalue weighted by Crippen LogP contribution is 2.17. The van der Waals surface area contributed by atoms with E-state index in [1.807, 2.05) is 0 Å². The number of hydrogen-bond donors (Lipinski definition) is 1. The van der Waals surface area contributed by atoms with Gasteiger partial charge in [-0.2, -0.15) is 0 Å². The molecular weight excluding hydrogens is 226 g/mol. The largest absolute Gasteiger partial charge is 0.347 e. The lowest BCUT2D eigenvalue weighted by Gasteiger charge is -2.12. The normalized spacial score (nSPS) is 16.8. The van der Waals surface area contributed by atoms with Crippen LogP contribution < -0.4 is 11.0 Å². The van der Waals surface area contributed by atoms with Gasteiger partial charge in [0.05, 0.1) is 11.2 Å². The molecule has 16 heavy (non-hydrogen) atoms. The molecule has 5 heteroatoms. The number of nitrogens with one attached hydrogen (secondary N) is 1. The van der Waals surface area contributed by atoms with Gasteiger partial charge >= 0.3 is 5.69 Å². The van der Waals surface area contributed by atoms with Gasteiger partial charge in [-0.05, 0) is 12.8 Å². The van der Waals surface area contributed by atoms with Crippen LogP contribution in [0.25, 0.3) is 0 Å². The van der Waals surface area contributed by atoms with Crippen molar-refractivity contribution < 1.29 is 0 Å². The molecule has 1 aromatic rings. The molecule has 2 rings (SSSR count). The first-order chi connectivity index (χ1) is 7.75. The van der Waals surface area contributed by atoms with E-state index in [4.69, 9.17) is 11.6 Å². The van der Waals surface area contributed by atoms with Crippen LogP contribution in [-0.4, -0.2) is 22.1 Å². The average Bonchev–Trinajstić information content (AvgIpc) is 2.76. The van der Waals surface area contributed by atoms with Crippen molar-refractivity contribution in [1.82, 2.24) is 14.9 Å². The van der Waals surface area contributed by atoms with Crippen LogP contribution >= 0.6 is 11.6 Å². The first-order valence-electron chi connectivity index (χ1n) is 5.71. The minimum absolute atomic E-state index is 0.238. The highest BCUT2D eigenvalue weighted by molar-refractivity contribution is 6.30. The SMILES string of the molecule is O=c1ncc(Cl)cn1CCNC1CCCC1. The Balaban J connectivity index is 1.84. The quantitative estimate of drug-likeness (QED) is 0.868. The predicted molar refractivity (Wildman–Crippen MR) is 63.8 cm³/mol. The Labute approximate surface area is 99.6 Å². The lowest BCUT2D eigenvalue weighted by Crippen LogP contribution is -2.32. The van der Waals surface area contributed by atoms with Gasteiger partial charge in [0.15, 0.2) is 0 Å². The smallest absolute Gasteiger partial charge is 0.312 e. The molecule has 0 radical (unpaired) electrons. The van der Waals surface area contributed by atoms with E-state index in [-0.39, 0.29) is 5.69 Å². The molecule has 0 bridgehead atoms. The van der Waals surface area contributed by atoms with Crippen molar-refractivity contribution >= 4 is 11.6 Å². The van der Waals surface area contributed by atoms with Gasteiger partial charge in [-0.1, -0.05) is 24.4 Å². The van der Waals surface area contributed by atoms with Crippen molar-refractivity contribution in [2.75, 3.05) is 6.54 Å². The lowest BCUT2D eigenvalue weighted by atomic mass is 10.2. The molecule has 1 saturated carbocycles. The Hall–Kier alpha value is -0.870. The summed E-state index contributed by atoms with van der Waals surface area (Å²) in [5.41, 5.74) is -0.238. The zero-order valence-corrected chi connectivity index (χ0v) is 9.91. The van der Waals surface area contributed by atoms with Crippen molar-refractivity contribution in [2.24, 2.45) is 0 Å². The molecule has 0 aromatic carbocycles. The monoisotopic (exact) mass is 241 g/mol. The minimum atomic E-state index is -0.238. The van der Waals surface area contributed by atoms with Crippen molar-refractivity contribution in [3.05, 3.63) is 27.9 Å². The van der Waals surface area contributed by atoms with E-state index in [9.17, 15) is 4.79 Å². The van der Waals surface area contributed by atoms with Crippen LogP contribution in [0.15, 0.2) is 17.2 Å². The number of halogens is 1. The zero-order valence-electron chi connectivity index (χ0n) is 9.16. The predicted octanol–water partition coefficient (Wildman–Crippen LogP) is 1.43. The van der Waals surface area contributed by atoms with Gasteiger partial charge in [0, 0.05) is 25.3 Å². The standard InChI is InChI=1S/C11H16ClN3O/c12-9-7-14-11(16)15(8-9)6-5-13-10-3-1-2-4-10/h7-8,10,13H,1-6H2. The molecule has 1 heterocycles. The fraction of sp³-hybridized carbons (Fsp3) is 0.636. The molecule has 0 amide bonds. The summed E-state index contributed by atoms with van der Waals surface area (Å²) in [4.78, 5) is 15.0. The topological polar surface area (TPSA) is 46.9 Å². The maximum Gasteiger partial charge on any atom is 0.347 e. The molecule has 0 atom stereocenters. The van der Waals surface area contributed by atoms with Crippen LogP contribution in [0.1, 0.15) is 25.7 Å². The maximum absolute atomic E-state index is 11.4. The van der Waals surface area contributed by atoms with E-state index in [1.165, 1.54) is 31.9 Å². The molecule has 0 saturated heterocycles. The molecule has 0 spiro atoms. The summed E-state index contributed by atoms with van der Waals surface area (Å²) in [6, 6.07) is 0.628. The summed E-state index contributed by atoms with van der Waals surface area (Å²) in [6.45, 7) is 1.43. The second-order valence-electron chi connectivity index (χ2n) is 4.18. The van der Waals surface area contributed by atoms with E-state index in [1.54, 1.807) is 10.8 Å². The summed E-state index contributed by atoms with van der Waals surface area (Å²) in [5.74, 6) is 0. The van der Waals surface area contributed by atoms with Gasteiger partial charge < -0.3 is 5.32 Å². The summed E-state index contributed by atoms with van der Waals surface area (Å²) in [7, 11) is 0. The van der Waals surface area contributed by atoms with Crippen molar-refractivity contribution in [2.45, 2.75) is 38.3 Å². The Bertz CT molecular complexity index is 398. The van der Waals surface area contributed by atoms with Crippen molar-refractivity contribution in [1.29, 1.82) is 0 Å². The molecule has 4 nitrogen and oxygen atoms in total. The van der Waals surface area contributed by atoms with Gasteiger partial charge in [0.2, 0.25) is 0 Å². The molecule has 1 aromatic heterocycles. The summed E-state index contributed by atoms with van der Waals surface area (Å²) >= 11 is 5.78. The molecular formula is C11H16ClN3O. The Morgan fingerprint density at radius 2 is 2.25 bits per heavy atom. The van der Waals surface area contributed by atoms with Crippen molar-refractivity contribution in [3.63, 3.8) is 0 Å². The van der Waals surface area contributed by atoms with Gasteiger partial charge in [-0.3, -0.25) is 4.57 Å². The number of aromatic nitrogens is 2. The molecule has 88 valence electrons. The summed E-state index contributed by atoms with van der Waals surface area (Å²) < 4.78 is 1.55. The molecule has 0 unspecified atom stereocenters. The molecule has 0 aliphatic heterocycles. The second-order valence-corrected chi connectivity index (χ2v) is 4.62.